The lowest BCUT2D eigenvalue weighted by atomic mass is 9.82. The molecule has 0 radical (unpaired) electrons. The van der Waals surface area contributed by atoms with E-state index in [1.54, 1.807) is 0 Å². The van der Waals surface area contributed by atoms with Crippen molar-refractivity contribution in [2.24, 2.45) is 0 Å². The van der Waals surface area contributed by atoms with Crippen LogP contribution in [0.25, 0.3) is 75.1 Å². The number of benzene rings is 8. The molecule has 0 unspecified atom stereocenters. The number of fused-ring (bicyclic) bond motifs is 10. The maximum atomic E-state index is 6.32. The molecule has 1 aliphatic carbocycles. The van der Waals surface area contributed by atoms with Gasteiger partial charge >= 0.3 is 0 Å². The largest absolute Gasteiger partial charge is 0.456 e. The number of furan rings is 1. The van der Waals surface area contributed by atoms with Crippen molar-refractivity contribution in [1.82, 2.24) is 0 Å². The standard InChI is InChI=1S/C49H33NOS/c1-49(2)41-16-8-5-13-35(41)36-24-21-33(29-42(36)49)50(32-22-26-45-40(28-32)37-14-6-9-17-44(37)51-45)43-25-20-30-11-3-4-12-34(30)48(43)31-19-23-39-38-15-7-10-18-46(38)52-47(39)27-31/h3-29H,1-2H3. The number of hydrogen-bond acceptors (Lipinski definition) is 3. The van der Waals surface area contributed by atoms with Gasteiger partial charge in [-0.2, -0.15) is 0 Å². The SMILES string of the molecule is CC1(C)c2ccccc2-c2ccc(N(c3ccc4oc5ccccc5c4c3)c3ccc4ccccc4c3-c3ccc4c(c3)sc3ccccc34)cc21. The van der Waals surface area contributed by atoms with E-state index >= 15 is 0 Å². The maximum absolute atomic E-state index is 6.32. The van der Waals surface area contributed by atoms with Gasteiger partial charge in [0, 0.05) is 53.3 Å². The maximum Gasteiger partial charge on any atom is 0.135 e. The molecule has 11 rings (SSSR count). The van der Waals surface area contributed by atoms with Crippen molar-refractivity contribution in [2.45, 2.75) is 19.3 Å². The van der Waals surface area contributed by atoms with Gasteiger partial charge in [0.2, 0.25) is 0 Å². The zero-order valence-corrected chi connectivity index (χ0v) is 29.7. The second-order valence-corrected chi connectivity index (χ2v) is 15.6. The second-order valence-electron chi connectivity index (χ2n) is 14.5. The lowest BCUT2D eigenvalue weighted by molar-refractivity contribution is 0.660. The average molecular weight is 684 g/mol. The molecule has 0 aliphatic heterocycles. The molecule has 0 saturated heterocycles. The van der Waals surface area contributed by atoms with E-state index in [2.05, 4.69) is 176 Å². The number of thiophene rings is 1. The Morgan fingerprint density at radius 2 is 1.17 bits per heavy atom. The average Bonchev–Trinajstić information content (AvgIpc) is 3.82. The highest BCUT2D eigenvalue weighted by atomic mass is 32.1. The van der Waals surface area contributed by atoms with Crippen LogP contribution in [0, 0.1) is 0 Å². The fourth-order valence-corrected chi connectivity index (χ4v) is 9.89. The van der Waals surface area contributed by atoms with E-state index in [4.69, 9.17) is 4.42 Å². The lowest BCUT2D eigenvalue weighted by Gasteiger charge is -2.30. The zero-order chi connectivity index (χ0) is 34.6. The summed E-state index contributed by atoms with van der Waals surface area (Å²) in [6.07, 6.45) is 0. The third-order valence-corrected chi connectivity index (χ3v) is 12.4. The van der Waals surface area contributed by atoms with Gasteiger partial charge in [0.15, 0.2) is 0 Å². The van der Waals surface area contributed by atoms with Crippen LogP contribution in [-0.4, -0.2) is 0 Å². The molecule has 10 aromatic rings. The highest BCUT2D eigenvalue weighted by molar-refractivity contribution is 7.25. The van der Waals surface area contributed by atoms with Gasteiger partial charge in [-0.25, -0.2) is 0 Å². The fraction of sp³-hybridized carbons (Fsp3) is 0.0612. The Labute approximate surface area is 305 Å². The van der Waals surface area contributed by atoms with E-state index in [0.29, 0.717) is 0 Å². The summed E-state index contributed by atoms with van der Waals surface area (Å²) < 4.78 is 8.94. The quantitative estimate of drug-likeness (QED) is 0.184. The molecule has 1 aliphatic rings. The van der Waals surface area contributed by atoms with Crippen molar-refractivity contribution in [2.75, 3.05) is 4.90 Å². The van der Waals surface area contributed by atoms with E-state index in [9.17, 15) is 0 Å². The number of rotatable bonds is 4. The van der Waals surface area contributed by atoms with Gasteiger partial charge in [-0.3, -0.25) is 0 Å². The minimum atomic E-state index is -0.128. The molecule has 0 N–H and O–H groups in total. The molecular formula is C49H33NOS. The van der Waals surface area contributed by atoms with Crippen molar-refractivity contribution in [3.05, 3.63) is 175 Å². The van der Waals surface area contributed by atoms with Gasteiger partial charge in [0.1, 0.15) is 11.2 Å². The van der Waals surface area contributed by atoms with Crippen LogP contribution in [0.2, 0.25) is 0 Å². The van der Waals surface area contributed by atoms with Gasteiger partial charge in [0.05, 0.1) is 5.69 Å². The van der Waals surface area contributed by atoms with Crippen LogP contribution >= 0.6 is 11.3 Å². The van der Waals surface area contributed by atoms with E-state index in [1.807, 2.05) is 17.4 Å². The molecule has 0 bridgehead atoms. The Balaban J connectivity index is 1.20. The molecule has 3 heteroatoms. The first-order chi connectivity index (χ1) is 25.5. The van der Waals surface area contributed by atoms with Crippen LogP contribution in [0.15, 0.2) is 168 Å². The molecule has 0 fully saturated rings. The van der Waals surface area contributed by atoms with Crippen LogP contribution in [0.3, 0.4) is 0 Å². The predicted octanol–water partition coefficient (Wildman–Crippen LogP) is 14.6. The normalized spacial score (nSPS) is 13.3. The Morgan fingerprint density at radius 3 is 2.10 bits per heavy atom. The molecule has 2 heterocycles. The molecule has 2 aromatic heterocycles. The Bertz CT molecular complexity index is 3070. The number of nitrogens with zero attached hydrogens (tertiary/aromatic N) is 1. The van der Waals surface area contributed by atoms with E-state index in [-0.39, 0.29) is 5.41 Å². The summed E-state index contributed by atoms with van der Waals surface area (Å²) >= 11 is 1.87. The molecule has 246 valence electrons. The highest BCUT2D eigenvalue weighted by Gasteiger charge is 2.36. The van der Waals surface area contributed by atoms with Gasteiger partial charge in [-0.1, -0.05) is 123 Å². The molecule has 52 heavy (non-hydrogen) atoms. The smallest absolute Gasteiger partial charge is 0.135 e. The predicted molar refractivity (Wildman–Crippen MR) is 222 cm³/mol. The fourth-order valence-electron chi connectivity index (χ4n) is 8.74. The molecule has 0 saturated carbocycles. The van der Waals surface area contributed by atoms with Crippen molar-refractivity contribution < 1.29 is 4.42 Å². The minimum absolute atomic E-state index is 0.128. The first-order valence-corrected chi connectivity index (χ1v) is 18.7. The first-order valence-electron chi connectivity index (χ1n) is 17.9. The van der Waals surface area contributed by atoms with Gasteiger partial charge in [-0.15, -0.1) is 11.3 Å². The first kappa shape index (κ1) is 29.6. The number of para-hydroxylation sites is 1. The molecular weight excluding hydrogens is 651 g/mol. The van der Waals surface area contributed by atoms with E-state index in [0.717, 1.165) is 39.0 Å². The summed E-state index contributed by atoms with van der Waals surface area (Å²) in [7, 11) is 0. The van der Waals surface area contributed by atoms with Gasteiger partial charge in [-0.05, 0) is 93.2 Å². The summed E-state index contributed by atoms with van der Waals surface area (Å²) in [5.74, 6) is 0. The van der Waals surface area contributed by atoms with Gasteiger partial charge < -0.3 is 9.32 Å². The third kappa shape index (κ3) is 4.23. The van der Waals surface area contributed by atoms with Crippen LogP contribution in [0.5, 0.6) is 0 Å². The third-order valence-electron chi connectivity index (χ3n) is 11.3. The van der Waals surface area contributed by atoms with Crippen LogP contribution in [0.4, 0.5) is 17.1 Å². The molecule has 2 nitrogen and oxygen atoms in total. The summed E-state index contributed by atoms with van der Waals surface area (Å²) in [6.45, 7) is 4.72. The second kappa shape index (κ2) is 10.9. The summed E-state index contributed by atoms with van der Waals surface area (Å²) in [6, 6.07) is 60.1. The van der Waals surface area contributed by atoms with Crippen molar-refractivity contribution in [3.63, 3.8) is 0 Å². The molecule has 0 amide bonds. The van der Waals surface area contributed by atoms with Crippen LogP contribution < -0.4 is 4.90 Å². The highest BCUT2D eigenvalue weighted by Crippen LogP contribution is 2.52. The Morgan fingerprint density at radius 1 is 0.481 bits per heavy atom. The monoisotopic (exact) mass is 683 g/mol. The van der Waals surface area contributed by atoms with E-state index < -0.39 is 0 Å². The molecule has 0 atom stereocenters. The van der Waals surface area contributed by atoms with Crippen molar-refractivity contribution in [3.8, 4) is 22.3 Å². The molecule has 0 spiro atoms. The summed E-state index contributed by atoms with van der Waals surface area (Å²) in [5.41, 5.74) is 12.8. The van der Waals surface area contributed by atoms with Crippen LogP contribution in [0.1, 0.15) is 25.0 Å². The summed E-state index contributed by atoms with van der Waals surface area (Å²) in [4.78, 5) is 2.47. The lowest BCUT2D eigenvalue weighted by Crippen LogP contribution is -2.17. The Kier molecular flexibility index (Phi) is 6.21. The van der Waals surface area contributed by atoms with Crippen LogP contribution in [-0.2, 0) is 5.41 Å². The zero-order valence-electron chi connectivity index (χ0n) is 28.9. The number of hydrogen-bond donors (Lipinski definition) is 0. The number of anilines is 3. The van der Waals surface area contributed by atoms with Gasteiger partial charge in [0.25, 0.3) is 0 Å². The van der Waals surface area contributed by atoms with Crippen molar-refractivity contribution in [1.29, 1.82) is 0 Å². The van der Waals surface area contributed by atoms with Crippen molar-refractivity contribution >= 4 is 81.3 Å². The topological polar surface area (TPSA) is 16.4 Å². The summed E-state index contributed by atoms with van der Waals surface area (Å²) in [5, 5.41) is 7.31. The molecule has 8 aromatic carbocycles. The Hall–Kier alpha value is -6.16. The minimum Gasteiger partial charge on any atom is -0.456 e. The van der Waals surface area contributed by atoms with E-state index in [1.165, 1.54) is 64.3 Å².